The zero-order chi connectivity index (χ0) is 17.4. The molecule has 6 heteroatoms. The number of amides is 2. The van der Waals surface area contributed by atoms with E-state index in [0.717, 1.165) is 29.8 Å². The maximum absolute atomic E-state index is 12.6. The number of anilines is 1. The molecule has 1 atom stereocenters. The Labute approximate surface area is 146 Å². The van der Waals surface area contributed by atoms with Gasteiger partial charge in [0.2, 0.25) is 5.91 Å². The van der Waals surface area contributed by atoms with Gasteiger partial charge in [0, 0.05) is 11.1 Å². The van der Waals surface area contributed by atoms with Crippen molar-refractivity contribution in [2.75, 3.05) is 5.32 Å². The monoisotopic (exact) mass is 338 g/mol. The Morgan fingerprint density at radius 2 is 2.08 bits per heavy atom. The Kier molecular flexibility index (Phi) is 4.03. The normalized spacial score (nSPS) is 19.7. The first kappa shape index (κ1) is 15.9. The van der Waals surface area contributed by atoms with Crippen LogP contribution in [0.25, 0.3) is 0 Å². The van der Waals surface area contributed by atoms with Crippen LogP contribution in [0.3, 0.4) is 0 Å². The highest BCUT2D eigenvalue weighted by Crippen LogP contribution is 2.33. The van der Waals surface area contributed by atoms with E-state index in [0.29, 0.717) is 11.6 Å². The third kappa shape index (κ3) is 2.92. The lowest BCUT2D eigenvalue weighted by Crippen LogP contribution is -2.25. The summed E-state index contributed by atoms with van der Waals surface area (Å²) in [4.78, 5) is 24.6. The second-order valence-electron chi connectivity index (χ2n) is 6.92. The average Bonchev–Trinajstić information content (AvgIpc) is 3.31. The molecule has 2 amide bonds. The Balaban J connectivity index is 1.49. The van der Waals surface area contributed by atoms with Gasteiger partial charge >= 0.3 is 0 Å². The van der Waals surface area contributed by atoms with E-state index in [1.54, 1.807) is 12.3 Å². The summed E-state index contributed by atoms with van der Waals surface area (Å²) in [5.74, 6) is 0.569. The molecular weight excluding hydrogens is 316 g/mol. The number of aromatic nitrogens is 2. The highest BCUT2D eigenvalue weighted by atomic mass is 16.2. The fraction of sp³-hybridized carbons (Fsp3) is 0.421. The first-order chi connectivity index (χ1) is 12.1. The Morgan fingerprint density at radius 3 is 2.88 bits per heavy atom. The number of carbonyl (C=O) groups is 2. The number of nitrogens with zero attached hydrogens (tertiary/aromatic N) is 2. The molecule has 0 spiro atoms. The van der Waals surface area contributed by atoms with Crippen molar-refractivity contribution < 1.29 is 9.59 Å². The van der Waals surface area contributed by atoms with E-state index in [-0.39, 0.29) is 24.3 Å². The smallest absolute Gasteiger partial charge is 0.252 e. The minimum atomic E-state index is -0.271. The molecule has 1 aromatic carbocycles. The van der Waals surface area contributed by atoms with Crippen molar-refractivity contribution in [2.45, 2.75) is 51.1 Å². The number of benzene rings is 1. The van der Waals surface area contributed by atoms with Crippen LogP contribution in [0.1, 0.15) is 65.7 Å². The van der Waals surface area contributed by atoms with E-state index in [1.807, 2.05) is 29.8 Å². The van der Waals surface area contributed by atoms with Crippen LogP contribution in [0.15, 0.2) is 30.5 Å². The molecule has 0 saturated heterocycles. The van der Waals surface area contributed by atoms with Crippen molar-refractivity contribution in [1.29, 1.82) is 0 Å². The van der Waals surface area contributed by atoms with E-state index in [1.165, 1.54) is 12.8 Å². The van der Waals surface area contributed by atoms with Gasteiger partial charge in [0.25, 0.3) is 5.91 Å². The van der Waals surface area contributed by atoms with E-state index < -0.39 is 0 Å². The molecule has 2 N–H and O–H groups in total. The fourth-order valence-electron chi connectivity index (χ4n) is 3.88. The Morgan fingerprint density at radius 1 is 1.32 bits per heavy atom. The molecule has 1 fully saturated rings. The number of carbonyl (C=O) groups excluding carboxylic acids is 2. The molecule has 4 rings (SSSR count). The average molecular weight is 338 g/mol. The molecule has 1 aliphatic carbocycles. The number of aryl methyl sites for hydroxylation is 1. The maximum Gasteiger partial charge on any atom is 0.252 e. The maximum atomic E-state index is 12.6. The third-order valence-electron chi connectivity index (χ3n) is 5.18. The molecule has 2 aliphatic rings. The SMILES string of the molecule is Cc1cnn(C2CCCC2)c1NC(=O)CC1NC(=O)c2ccccc21. The van der Waals surface area contributed by atoms with Crippen LogP contribution in [-0.4, -0.2) is 21.6 Å². The van der Waals surface area contributed by atoms with Gasteiger partial charge in [-0.2, -0.15) is 5.10 Å². The number of rotatable bonds is 4. The fourth-order valence-corrected chi connectivity index (χ4v) is 3.88. The zero-order valence-electron chi connectivity index (χ0n) is 14.3. The van der Waals surface area contributed by atoms with E-state index in [9.17, 15) is 9.59 Å². The molecule has 1 aromatic heterocycles. The molecule has 1 saturated carbocycles. The summed E-state index contributed by atoms with van der Waals surface area (Å²) in [6.07, 6.45) is 6.66. The minimum absolute atomic E-state index is 0.107. The predicted octanol–water partition coefficient (Wildman–Crippen LogP) is 3.12. The standard InChI is InChI=1S/C19H22N4O2/c1-12-11-20-23(13-6-2-3-7-13)18(12)22-17(24)10-16-14-8-4-5-9-15(14)19(25)21-16/h4-5,8-9,11,13,16H,2-3,6-7,10H2,1H3,(H,21,25)(H,22,24). The van der Waals surface area contributed by atoms with Crippen LogP contribution < -0.4 is 10.6 Å². The van der Waals surface area contributed by atoms with Crippen LogP contribution >= 0.6 is 0 Å². The van der Waals surface area contributed by atoms with Crippen LogP contribution in [0.4, 0.5) is 5.82 Å². The largest absolute Gasteiger partial charge is 0.345 e. The highest BCUT2D eigenvalue weighted by molar-refractivity contribution is 6.00. The lowest BCUT2D eigenvalue weighted by Gasteiger charge is -2.17. The summed E-state index contributed by atoms with van der Waals surface area (Å²) in [7, 11) is 0. The Hall–Kier alpha value is -2.63. The number of hydrogen-bond acceptors (Lipinski definition) is 3. The van der Waals surface area contributed by atoms with Crippen molar-refractivity contribution >= 4 is 17.6 Å². The van der Waals surface area contributed by atoms with Crippen molar-refractivity contribution in [1.82, 2.24) is 15.1 Å². The van der Waals surface area contributed by atoms with Gasteiger partial charge in [0.1, 0.15) is 5.82 Å². The molecule has 130 valence electrons. The molecule has 0 bridgehead atoms. The summed E-state index contributed by atoms with van der Waals surface area (Å²) >= 11 is 0. The van der Waals surface area contributed by atoms with Gasteiger partial charge in [-0.3, -0.25) is 9.59 Å². The first-order valence-electron chi connectivity index (χ1n) is 8.87. The van der Waals surface area contributed by atoms with E-state index >= 15 is 0 Å². The highest BCUT2D eigenvalue weighted by Gasteiger charge is 2.30. The van der Waals surface area contributed by atoms with Crippen molar-refractivity contribution in [3.8, 4) is 0 Å². The van der Waals surface area contributed by atoms with Crippen molar-refractivity contribution in [2.24, 2.45) is 0 Å². The second kappa shape index (κ2) is 6.35. The Bertz CT molecular complexity index is 821. The molecule has 2 heterocycles. The zero-order valence-corrected chi connectivity index (χ0v) is 14.3. The number of nitrogens with one attached hydrogen (secondary N) is 2. The molecule has 6 nitrogen and oxygen atoms in total. The van der Waals surface area contributed by atoms with Crippen molar-refractivity contribution in [3.63, 3.8) is 0 Å². The number of hydrogen-bond donors (Lipinski definition) is 2. The molecule has 0 radical (unpaired) electrons. The molecule has 2 aromatic rings. The topological polar surface area (TPSA) is 76.0 Å². The van der Waals surface area contributed by atoms with Gasteiger partial charge in [-0.15, -0.1) is 0 Å². The summed E-state index contributed by atoms with van der Waals surface area (Å²) in [6, 6.07) is 7.53. The molecule has 1 aliphatic heterocycles. The minimum Gasteiger partial charge on any atom is -0.345 e. The predicted molar refractivity (Wildman–Crippen MR) is 94.4 cm³/mol. The first-order valence-corrected chi connectivity index (χ1v) is 8.87. The molecular formula is C19H22N4O2. The van der Waals surface area contributed by atoms with Gasteiger partial charge in [0.05, 0.1) is 24.7 Å². The van der Waals surface area contributed by atoms with Crippen LogP contribution in [0, 0.1) is 6.92 Å². The molecule has 1 unspecified atom stereocenters. The quantitative estimate of drug-likeness (QED) is 0.899. The van der Waals surface area contributed by atoms with Gasteiger partial charge in [0.15, 0.2) is 0 Å². The third-order valence-corrected chi connectivity index (χ3v) is 5.18. The second-order valence-corrected chi connectivity index (χ2v) is 6.92. The molecule has 25 heavy (non-hydrogen) atoms. The summed E-state index contributed by atoms with van der Waals surface area (Å²) in [5, 5.41) is 10.4. The van der Waals surface area contributed by atoms with Gasteiger partial charge < -0.3 is 10.6 Å². The van der Waals surface area contributed by atoms with E-state index in [2.05, 4.69) is 15.7 Å². The lowest BCUT2D eigenvalue weighted by atomic mass is 10.0. The van der Waals surface area contributed by atoms with Gasteiger partial charge in [-0.1, -0.05) is 31.0 Å². The van der Waals surface area contributed by atoms with Crippen molar-refractivity contribution in [3.05, 3.63) is 47.2 Å². The van der Waals surface area contributed by atoms with Crippen LogP contribution in [0.2, 0.25) is 0 Å². The number of fused-ring (bicyclic) bond motifs is 1. The summed E-state index contributed by atoms with van der Waals surface area (Å²) in [5.41, 5.74) is 2.52. The summed E-state index contributed by atoms with van der Waals surface area (Å²) < 4.78 is 1.96. The van der Waals surface area contributed by atoms with Gasteiger partial charge in [-0.05, 0) is 31.4 Å². The summed E-state index contributed by atoms with van der Waals surface area (Å²) in [6.45, 7) is 1.96. The van der Waals surface area contributed by atoms with Gasteiger partial charge in [-0.25, -0.2) is 4.68 Å². The van der Waals surface area contributed by atoms with E-state index in [4.69, 9.17) is 0 Å². The van der Waals surface area contributed by atoms with Crippen LogP contribution in [0.5, 0.6) is 0 Å². The van der Waals surface area contributed by atoms with Crippen LogP contribution in [-0.2, 0) is 4.79 Å². The lowest BCUT2D eigenvalue weighted by molar-refractivity contribution is -0.116.